The Morgan fingerprint density at radius 3 is 2.83 bits per heavy atom. The molecular weight excluding hydrogens is 322 g/mol. The predicted molar refractivity (Wildman–Crippen MR) is 85.2 cm³/mol. The number of urea groups is 2. The molecule has 126 valence electrons. The Labute approximate surface area is 134 Å². The van der Waals surface area contributed by atoms with Gasteiger partial charge in [-0.3, -0.25) is 0 Å². The summed E-state index contributed by atoms with van der Waals surface area (Å²) in [6.07, 6.45) is 0. The smallest absolute Gasteiger partial charge is 0.319 e. The third kappa shape index (κ3) is 5.75. The van der Waals surface area contributed by atoms with Crippen molar-refractivity contribution in [3.8, 4) is 0 Å². The molecular formula is C13H19N5O4S. The molecule has 1 aromatic carbocycles. The molecule has 0 radical (unpaired) electrons. The zero-order chi connectivity index (χ0) is 16.9. The van der Waals surface area contributed by atoms with Gasteiger partial charge in [-0.25, -0.2) is 23.1 Å². The summed E-state index contributed by atoms with van der Waals surface area (Å²) in [7, 11) is -3.62. The lowest BCUT2D eigenvalue weighted by Gasteiger charge is -2.14. The quantitative estimate of drug-likeness (QED) is 0.561. The van der Waals surface area contributed by atoms with Crippen LogP contribution in [-0.2, 0) is 15.8 Å². The Bertz CT molecular complexity index is 691. The highest BCUT2D eigenvalue weighted by Crippen LogP contribution is 2.12. The number of nitrogens with two attached hydrogens (primary N) is 1. The predicted octanol–water partition coefficient (Wildman–Crippen LogP) is -0.378. The van der Waals surface area contributed by atoms with Gasteiger partial charge in [0.05, 0.1) is 5.75 Å². The lowest BCUT2D eigenvalue weighted by atomic mass is 10.2. The number of amides is 4. The van der Waals surface area contributed by atoms with Crippen molar-refractivity contribution in [3.05, 3.63) is 29.8 Å². The molecule has 0 atom stereocenters. The molecule has 1 fully saturated rings. The van der Waals surface area contributed by atoms with E-state index < -0.39 is 16.1 Å². The van der Waals surface area contributed by atoms with Gasteiger partial charge in [0, 0.05) is 31.9 Å². The number of nitrogens with zero attached hydrogens (tertiary/aromatic N) is 1. The van der Waals surface area contributed by atoms with Gasteiger partial charge in [0.25, 0.3) is 0 Å². The van der Waals surface area contributed by atoms with Gasteiger partial charge in [-0.05, 0) is 17.7 Å². The minimum absolute atomic E-state index is 0.136. The van der Waals surface area contributed by atoms with Crippen molar-refractivity contribution in [1.82, 2.24) is 15.5 Å². The van der Waals surface area contributed by atoms with Crippen molar-refractivity contribution in [2.45, 2.75) is 5.75 Å². The second-order valence-corrected chi connectivity index (χ2v) is 6.72. The molecule has 1 aliphatic heterocycles. The summed E-state index contributed by atoms with van der Waals surface area (Å²) in [6, 6.07) is 5.85. The number of sulfonamides is 1. The normalized spacial score (nSPS) is 14.5. The minimum atomic E-state index is -3.62. The maximum absolute atomic E-state index is 11.8. The van der Waals surface area contributed by atoms with Gasteiger partial charge in [-0.2, -0.15) is 0 Å². The molecule has 1 aromatic rings. The fraction of sp³-hybridized carbons (Fsp3) is 0.385. The van der Waals surface area contributed by atoms with Crippen LogP contribution in [0.2, 0.25) is 0 Å². The second-order valence-electron chi connectivity index (χ2n) is 5.11. The van der Waals surface area contributed by atoms with Gasteiger partial charge in [-0.15, -0.1) is 0 Å². The maximum Gasteiger partial charge on any atom is 0.319 e. The summed E-state index contributed by atoms with van der Waals surface area (Å²) in [6.45, 7) is 1.97. The van der Waals surface area contributed by atoms with Crippen LogP contribution in [-0.4, -0.2) is 51.6 Å². The first-order valence-corrected chi connectivity index (χ1v) is 8.72. The second kappa shape index (κ2) is 7.29. The number of carbonyl (C=O) groups excluding carboxylic acids is 2. The third-order valence-corrected chi connectivity index (χ3v) is 3.90. The number of primary sulfonamides is 1. The zero-order valence-corrected chi connectivity index (χ0v) is 13.2. The van der Waals surface area contributed by atoms with E-state index in [-0.39, 0.29) is 11.8 Å². The van der Waals surface area contributed by atoms with E-state index in [1.165, 1.54) is 6.07 Å². The van der Waals surface area contributed by atoms with E-state index in [9.17, 15) is 18.0 Å². The molecule has 0 unspecified atom stereocenters. The summed E-state index contributed by atoms with van der Waals surface area (Å²) in [5, 5.41) is 12.9. The van der Waals surface area contributed by atoms with Crippen molar-refractivity contribution in [2.75, 3.05) is 31.5 Å². The van der Waals surface area contributed by atoms with E-state index in [2.05, 4.69) is 16.0 Å². The molecule has 5 N–H and O–H groups in total. The van der Waals surface area contributed by atoms with Crippen LogP contribution in [0.3, 0.4) is 0 Å². The Kier molecular flexibility index (Phi) is 5.40. The molecule has 0 saturated carbocycles. The van der Waals surface area contributed by atoms with Crippen LogP contribution < -0.4 is 21.1 Å². The van der Waals surface area contributed by atoms with Crippen molar-refractivity contribution in [3.63, 3.8) is 0 Å². The van der Waals surface area contributed by atoms with Crippen molar-refractivity contribution in [2.24, 2.45) is 5.14 Å². The summed E-state index contributed by atoms with van der Waals surface area (Å²) >= 11 is 0. The van der Waals surface area contributed by atoms with Crippen LogP contribution in [0.15, 0.2) is 24.3 Å². The fourth-order valence-electron chi connectivity index (χ4n) is 2.18. The van der Waals surface area contributed by atoms with Crippen LogP contribution in [0.25, 0.3) is 0 Å². The molecule has 4 amide bonds. The number of hydrogen-bond acceptors (Lipinski definition) is 4. The number of nitrogens with one attached hydrogen (secondary N) is 3. The highest BCUT2D eigenvalue weighted by Gasteiger charge is 2.18. The monoisotopic (exact) mass is 341 g/mol. The lowest BCUT2D eigenvalue weighted by molar-refractivity contribution is 0.216. The highest BCUT2D eigenvalue weighted by atomic mass is 32.2. The van der Waals surface area contributed by atoms with Gasteiger partial charge >= 0.3 is 12.1 Å². The Morgan fingerprint density at radius 2 is 2.17 bits per heavy atom. The van der Waals surface area contributed by atoms with Gasteiger partial charge in [-0.1, -0.05) is 12.1 Å². The first-order chi connectivity index (χ1) is 10.8. The van der Waals surface area contributed by atoms with Gasteiger partial charge in [0.1, 0.15) is 0 Å². The molecule has 2 rings (SSSR count). The summed E-state index contributed by atoms with van der Waals surface area (Å²) in [5.41, 5.74) is 0.946. The number of anilines is 1. The molecule has 1 saturated heterocycles. The van der Waals surface area contributed by atoms with E-state index in [1.54, 1.807) is 23.1 Å². The Hall–Kier alpha value is -2.33. The van der Waals surface area contributed by atoms with Crippen LogP contribution in [0.5, 0.6) is 0 Å². The van der Waals surface area contributed by atoms with E-state index in [0.29, 0.717) is 37.4 Å². The van der Waals surface area contributed by atoms with E-state index in [4.69, 9.17) is 5.14 Å². The number of benzene rings is 1. The Morgan fingerprint density at radius 1 is 1.39 bits per heavy atom. The maximum atomic E-state index is 11.8. The number of hydrogen-bond donors (Lipinski definition) is 4. The van der Waals surface area contributed by atoms with E-state index >= 15 is 0 Å². The first-order valence-electron chi connectivity index (χ1n) is 7.00. The highest BCUT2D eigenvalue weighted by molar-refractivity contribution is 7.88. The molecule has 1 heterocycles. The van der Waals surface area contributed by atoms with Crippen LogP contribution in [0, 0.1) is 0 Å². The fourth-order valence-corrected chi connectivity index (χ4v) is 2.82. The minimum Gasteiger partial charge on any atom is -0.336 e. The molecule has 0 spiro atoms. The lowest BCUT2D eigenvalue weighted by Crippen LogP contribution is -2.38. The largest absolute Gasteiger partial charge is 0.336 e. The van der Waals surface area contributed by atoms with Crippen molar-refractivity contribution >= 4 is 27.8 Å². The summed E-state index contributed by atoms with van der Waals surface area (Å²) < 4.78 is 22.1. The van der Waals surface area contributed by atoms with Gasteiger partial charge < -0.3 is 20.9 Å². The zero-order valence-electron chi connectivity index (χ0n) is 12.4. The standard InChI is InChI=1S/C13H19N5O4S/c14-23(21,22)9-10-2-1-3-11(8-10)17-12(19)15-4-6-18-7-5-16-13(18)20/h1-3,8H,4-7,9H2,(H,16,20)(H2,14,21,22)(H2,15,17,19). The van der Waals surface area contributed by atoms with Crippen LogP contribution in [0.1, 0.15) is 5.56 Å². The molecule has 0 aliphatic carbocycles. The molecule has 1 aliphatic rings. The Balaban J connectivity index is 1.80. The van der Waals surface area contributed by atoms with E-state index in [0.717, 1.165) is 0 Å². The summed E-state index contributed by atoms with van der Waals surface area (Å²) in [4.78, 5) is 24.7. The van der Waals surface area contributed by atoms with E-state index in [1.807, 2.05) is 0 Å². The summed E-state index contributed by atoms with van der Waals surface area (Å²) in [5.74, 6) is -0.297. The first kappa shape index (κ1) is 17.0. The van der Waals surface area contributed by atoms with Crippen molar-refractivity contribution < 1.29 is 18.0 Å². The molecule has 10 heteroatoms. The molecule has 23 heavy (non-hydrogen) atoms. The number of rotatable bonds is 6. The van der Waals surface area contributed by atoms with Gasteiger partial charge in [0.2, 0.25) is 10.0 Å². The third-order valence-electron chi connectivity index (χ3n) is 3.17. The molecule has 9 nitrogen and oxygen atoms in total. The average Bonchev–Trinajstić information content (AvgIpc) is 2.83. The molecule has 0 aromatic heterocycles. The van der Waals surface area contributed by atoms with Crippen LogP contribution in [0.4, 0.5) is 15.3 Å². The number of carbonyl (C=O) groups is 2. The van der Waals surface area contributed by atoms with Crippen LogP contribution >= 0.6 is 0 Å². The topological polar surface area (TPSA) is 134 Å². The SMILES string of the molecule is NS(=O)(=O)Cc1cccc(NC(=O)NCCN2CCNC2=O)c1. The van der Waals surface area contributed by atoms with Crippen molar-refractivity contribution in [1.29, 1.82) is 0 Å². The average molecular weight is 341 g/mol. The molecule has 0 bridgehead atoms. The van der Waals surface area contributed by atoms with Gasteiger partial charge in [0.15, 0.2) is 0 Å².